The SMILES string of the molecule is CN(C)CC(NCc1ncc(Cl)s1)c1ccccc1. The molecule has 102 valence electrons. The van der Waals surface area contributed by atoms with Crippen molar-refractivity contribution >= 4 is 22.9 Å². The number of nitrogens with zero attached hydrogens (tertiary/aromatic N) is 2. The summed E-state index contributed by atoms with van der Waals surface area (Å²) < 4.78 is 0.737. The van der Waals surface area contributed by atoms with E-state index < -0.39 is 0 Å². The predicted octanol–water partition coefficient (Wildman–Crippen LogP) is 3.19. The molecule has 0 amide bonds. The Labute approximate surface area is 123 Å². The van der Waals surface area contributed by atoms with Crippen LogP contribution >= 0.6 is 22.9 Å². The molecule has 1 N–H and O–H groups in total. The van der Waals surface area contributed by atoms with Crippen LogP contribution in [0.15, 0.2) is 36.5 Å². The monoisotopic (exact) mass is 295 g/mol. The van der Waals surface area contributed by atoms with Crippen molar-refractivity contribution in [2.24, 2.45) is 0 Å². The lowest BCUT2D eigenvalue weighted by Crippen LogP contribution is -2.30. The van der Waals surface area contributed by atoms with Gasteiger partial charge in [0.1, 0.15) is 9.34 Å². The van der Waals surface area contributed by atoms with Gasteiger partial charge in [0.2, 0.25) is 0 Å². The molecule has 0 spiro atoms. The lowest BCUT2D eigenvalue weighted by atomic mass is 10.1. The second kappa shape index (κ2) is 7.01. The first-order valence-electron chi connectivity index (χ1n) is 6.18. The second-order valence-electron chi connectivity index (χ2n) is 4.66. The highest BCUT2D eigenvalue weighted by molar-refractivity contribution is 7.15. The zero-order chi connectivity index (χ0) is 13.7. The van der Waals surface area contributed by atoms with Crippen molar-refractivity contribution in [3.63, 3.8) is 0 Å². The molecule has 1 unspecified atom stereocenters. The first kappa shape index (κ1) is 14.5. The van der Waals surface area contributed by atoms with Gasteiger partial charge in [-0.2, -0.15) is 0 Å². The Bertz CT molecular complexity index is 498. The summed E-state index contributed by atoms with van der Waals surface area (Å²) >= 11 is 7.42. The van der Waals surface area contributed by atoms with E-state index in [0.29, 0.717) is 6.04 Å². The zero-order valence-corrected chi connectivity index (χ0v) is 12.7. The van der Waals surface area contributed by atoms with E-state index in [1.165, 1.54) is 16.9 Å². The van der Waals surface area contributed by atoms with E-state index in [1.807, 2.05) is 6.07 Å². The molecule has 1 heterocycles. The van der Waals surface area contributed by atoms with Gasteiger partial charge in [0.15, 0.2) is 0 Å². The summed E-state index contributed by atoms with van der Waals surface area (Å²) in [5.74, 6) is 0. The van der Waals surface area contributed by atoms with Gasteiger partial charge in [-0.05, 0) is 19.7 Å². The number of hydrogen-bond donors (Lipinski definition) is 1. The molecule has 0 saturated heterocycles. The van der Waals surface area contributed by atoms with Gasteiger partial charge in [-0.15, -0.1) is 11.3 Å². The van der Waals surface area contributed by atoms with Crippen LogP contribution in [-0.2, 0) is 6.54 Å². The number of halogens is 1. The summed E-state index contributed by atoms with van der Waals surface area (Å²) in [5, 5.41) is 4.56. The molecule has 19 heavy (non-hydrogen) atoms. The Hall–Kier alpha value is -0.940. The summed E-state index contributed by atoms with van der Waals surface area (Å²) in [6, 6.07) is 10.8. The lowest BCUT2D eigenvalue weighted by Gasteiger charge is -2.22. The number of rotatable bonds is 6. The van der Waals surface area contributed by atoms with Crippen LogP contribution in [0.5, 0.6) is 0 Å². The first-order valence-corrected chi connectivity index (χ1v) is 7.38. The van der Waals surface area contributed by atoms with E-state index in [1.54, 1.807) is 6.20 Å². The Kier molecular flexibility index (Phi) is 5.34. The van der Waals surface area contributed by atoms with Gasteiger partial charge < -0.3 is 10.2 Å². The maximum atomic E-state index is 5.90. The van der Waals surface area contributed by atoms with E-state index in [0.717, 1.165) is 22.4 Å². The smallest absolute Gasteiger partial charge is 0.113 e. The number of nitrogens with one attached hydrogen (secondary N) is 1. The Morgan fingerprint density at radius 3 is 2.63 bits per heavy atom. The molecule has 1 aromatic carbocycles. The van der Waals surface area contributed by atoms with Gasteiger partial charge in [0.05, 0.1) is 6.20 Å². The van der Waals surface area contributed by atoms with E-state index in [2.05, 4.69) is 53.6 Å². The van der Waals surface area contributed by atoms with Crippen LogP contribution in [0.25, 0.3) is 0 Å². The van der Waals surface area contributed by atoms with Crippen LogP contribution < -0.4 is 5.32 Å². The fraction of sp³-hybridized carbons (Fsp3) is 0.357. The molecular formula is C14H18ClN3S. The summed E-state index contributed by atoms with van der Waals surface area (Å²) in [6.45, 7) is 1.69. The Balaban J connectivity index is 2.02. The Morgan fingerprint density at radius 1 is 1.32 bits per heavy atom. The largest absolute Gasteiger partial charge is 0.308 e. The van der Waals surface area contributed by atoms with Crippen LogP contribution in [0.1, 0.15) is 16.6 Å². The van der Waals surface area contributed by atoms with Gasteiger partial charge >= 0.3 is 0 Å². The number of benzene rings is 1. The van der Waals surface area contributed by atoms with Crippen molar-refractivity contribution in [1.29, 1.82) is 0 Å². The minimum atomic E-state index is 0.291. The topological polar surface area (TPSA) is 28.2 Å². The molecule has 0 fully saturated rings. The van der Waals surface area contributed by atoms with Crippen LogP contribution in [0.4, 0.5) is 0 Å². The molecule has 1 atom stereocenters. The van der Waals surface area contributed by atoms with E-state index in [-0.39, 0.29) is 0 Å². The van der Waals surface area contributed by atoms with Crippen molar-refractivity contribution in [1.82, 2.24) is 15.2 Å². The maximum Gasteiger partial charge on any atom is 0.113 e. The van der Waals surface area contributed by atoms with Crippen LogP contribution in [0.3, 0.4) is 0 Å². The molecule has 0 aliphatic heterocycles. The molecular weight excluding hydrogens is 278 g/mol. The molecule has 2 aromatic rings. The van der Waals surface area contributed by atoms with Crippen molar-refractivity contribution in [2.75, 3.05) is 20.6 Å². The van der Waals surface area contributed by atoms with E-state index in [9.17, 15) is 0 Å². The highest BCUT2D eigenvalue weighted by atomic mass is 35.5. The quantitative estimate of drug-likeness (QED) is 0.887. The number of aromatic nitrogens is 1. The minimum absolute atomic E-state index is 0.291. The standard InChI is InChI=1S/C14H18ClN3S/c1-18(2)10-12(11-6-4-3-5-7-11)16-9-14-17-8-13(15)19-14/h3-8,12,16H,9-10H2,1-2H3. The van der Waals surface area contributed by atoms with Crippen molar-refractivity contribution in [3.8, 4) is 0 Å². The van der Waals surface area contributed by atoms with Gasteiger partial charge in [-0.25, -0.2) is 4.98 Å². The van der Waals surface area contributed by atoms with Crippen molar-refractivity contribution in [2.45, 2.75) is 12.6 Å². The van der Waals surface area contributed by atoms with Crippen molar-refractivity contribution in [3.05, 3.63) is 51.4 Å². The van der Waals surface area contributed by atoms with Crippen LogP contribution in [0.2, 0.25) is 4.34 Å². The molecule has 2 rings (SSSR count). The summed E-state index contributed by atoms with van der Waals surface area (Å²) in [5.41, 5.74) is 1.29. The normalized spacial score (nSPS) is 12.8. The summed E-state index contributed by atoms with van der Waals surface area (Å²) in [4.78, 5) is 6.45. The molecule has 0 radical (unpaired) electrons. The molecule has 1 aromatic heterocycles. The fourth-order valence-electron chi connectivity index (χ4n) is 1.92. The average molecular weight is 296 g/mol. The summed E-state index contributed by atoms with van der Waals surface area (Å²) in [6.07, 6.45) is 1.70. The molecule has 3 nitrogen and oxygen atoms in total. The van der Waals surface area contributed by atoms with Gasteiger partial charge in [-0.1, -0.05) is 41.9 Å². The number of hydrogen-bond acceptors (Lipinski definition) is 4. The minimum Gasteiger partial charge on any atom is -0.308 e. The molecule has 0 aliphatic carbocycles. The van der Waals surface area contributed by atoms with E-state index >= 15 is 0 Å². The van der Waals surface area contributed by atoms with Crippen molar-refractivity contribution < 1.29 is 0 Å². The van der Waals surface area contributed by atoms with Gasteiger partial charge in [-0.3, -0.25) is 0 Å². The highest BCUT2D eigenvalue weighted by Crippen LogP contribution is 2.19. The third-order valence-corrected chi connectivity index (χ3v) is 3.89. The predicted molar refractivity (Wildman–Crippen MR) is 81.7 cm³/mol. The first-order chi connectivity index (χ1) is 9.15. The van der Waals surface area contributed by atoms with E-state index in [4.69, 9.17) is 11.6 Å². The molecule has 0 aliphatic rings. The number of likely N-dealkylation sites (N-methyl/N-ethyl adjacent to an activating group) is 1. The molecule has 5 heteroatoms. The third kappa shape index (κ3) is 4.58. The van der Waals surface area contributed by atoms with Crippen LogP contribution in [0, 0.1) is 0 Å². The fourth-order valence-corrected chi connectivity index (χ4v) is 2.83. The average Bonchev–Trinajstić information content (AvgIpc) is 2.81. The number of thiazole rings is 1. The third-order valence-electron chi connectivity index (χ3n) is 2.77. The summed E-state index contributed by atoms with van der Waals surface area (Å²) in [7, 11) is 4.16. The lowest BCUT2D eigenvalue weighted by molar-refractivity contribution is 0.340. The maximum absolute atomic E-state index is 5.90. The Morgan fingerprint density at radius 2 is 2.05 bits per heavy atom. The highest BCUT2D eigenvalue weighted by Gasteiger charge is 2.12. The zero-order valence-electron chi connectivity index (χ0n) is 11.1. The van der Waals surface area contributed by atoms with Gasteiger partial charge in [0, 0.05) is 19.1 Å². The van der Waals surface area contributed by atoms with Crippen LogP contribution in [-0.4, -0.2) is 30.5 Å². The second-order valence-corrected chi connectivity index (χ2v) is 6.41. The molecule has 0 bridgehead atoms. The van der Waals surface area contributed by atoms with Gasteiger partial charge in [0.25, 0.3) is 0 Å². The molecule has 0 saturated carbocycles.